The number of hydrogen-bond donors (Lipinski definition) is 1. The highest BCUT2D eigenvalue weighted by molar-refractivity contribution is 7.20. The number of rotatable bonds is 6. The Morgan fingerprint density at radius 3 is 2.90 bits per heavy atom. The number of fused-ring (bicyclic) bond motifs is 1. The number of carbonyl (C=O) groups excluding carboxylic acids is 2. The van der Waals surface area contributed by atoms with Crippen LogP contribution in [0, 0.1) is 13.8 Å². The molecule has 2 aromatic heterocycles. The van der Waals surface area contributed by atoms with Crippen LogP contribution in [-0.2, 0) is 16.0 Å². The Hall–Kier alpha value is -3.20. The summed E-state index contributed by atoms with van der Waals surface area (Å²) in [5.74, 6) is 0.954. The monoisotopic (exact) mass is 426 g/mol. The first-order valence-corrected chi connectivity index (χ1v) is 10.5. The van der Waals surface area contributed by atoms with E-state index in [1.165, 1.54) is 11.3 Å². The van der Waals surface area contributed by atoms with Gasteiger partial charge in [-0.05, 0) is 44.0 Å². The van der Waals surface area contributed by atoms with E-state index in [-0.39, 0.29) is 12.1 Å². The van der Waals surface area contributed by atoms with E-state index < -0.39 is 0 Å². The highest BCUT2D eigenvalue weighted by atomic mass is 32.1. The van der Waals surface area contributed by atoms with Crippen molar-refractivity contribution in [3.8, 4) is 0 Å². The molecule has 0 atom stereocenters. The minimum Gasteiger partial charge on any atom is -0.462 e. The molecular formula is C21H22N4O4S. The van der Waals surface area contributed by atoms with Crippen LogP contribution in [0.1, 0.15) is 33.5 Å². The smallest absolute Gasteiger partial charge is 0.414 e. The molecular weight excluding hydrogens is 404 g/mol. The molecule has 8 nitrogen and oxygen atoms in total. The van der Waals surface area contributed by atoms with Crippen molar-refractivity contribution in [3.05, 3.63) is 46.1 Å². The molecule has 0 spiro atoms. The van der Waals surface area contributed by atoms with Crippen molar-refractivity contribution in [2.24, 2.45) is 0 Å². The molecule has 0 unspecified atom stereocenters. The summed E-state index contributed by atoms with van der Waals surface area (Å²) in [5.41, 5.74) is 2.61. The molecule has 1 saturated heterocycles. The number of aryl methyl sites for hydroxylation is 2. The summed E-state index contributed by atoms with van der Waals surface area (Å²) in [6.07, 6.45) is -0.325. The van der Waals surface area contributed by atoms with Crippen LogP contribution in [0.2, 0.25) is 0 Å². The number of amides is 1. The molecule has 1 amide bonds. The van der Waals surface area contributed by atoms with E-state index in [0.29, 0.717) is 42.8 Å². The number of anilines is 2. The van der Waals surface area contributed by atoms with Crippen LogP contribution in [0.3, 0.4) is 0 Å². The van der Waals surface area contributed by atoms with Gasteiger partial charge in [-0.3, -0.25) is 4.90 Å². The average molecular weight is 426 g/mol. The molecule has 30 heavy (non-hydrogen) atoms. The molecule has 1 aromatic carbocycles. The van der Waals surface area contributed by atoms with E-state index in [4.69, 9.17) is 9.47 Å². The second-order valence-corrected chi connectivity index (χ2v) is 7.86. The fourth-order valence-corrected chi connectivity index (χ4v) is 4.53. The summed E-state index contributed by atoms with van der Waals surface area (Å²) >= 11 is 1.32. The Bertz CT molecular complexity index is 1130. The lowest BCUT2D eigenvalue weighted by molar-refractivity contribution is 0.0531. The van der Waals surface area contributed by atoms with E-state index in [1.54, 1.807) is 11.8 Å². The zero-order valence-electron chi connectivity index (χ0n) is 17.0. The van der Waals surface area contributed by atoms with Gasteiger partial charge in [0.15, 0.2) is 0 Å². The number of cyclic esters (lactones) is 1. The number of ether oxygens (including phenoxy) is 2. The quantitative estimate of drug-likeness (QED) is 0.594. The Morgan fingerprint density at radius 1 is 1.33 bits per heavy atom. The van der Waals surface area contributed by atoms with Crippen LogP contribution in [-0.4, -0.2) is 41.8 Å². The summed E-state index contributed by atoms with van der Waals surface area (Å²) in [6.45, 7) is 7.27. The largest absolute Gasteiger partial charge is 0.462 e. The lowest BCUT2D eigenvalue weighted by Gasteiger charge is -2.14. The number of benzene rings is 1. The standard InChI is InChI=1S/C21H22N4O4S/c1-4-28-20(26)17-12(2)16-18(23-13(3)24-19(16)30-17)22-11-14-6-5-7-15(10-14)25-8-9-29-21(25)27/h5-7,10H,4,8-9,11H2,1-3H3,(H,22,23,24). The van der Waals surface area contributed by atoms with Gasteiger partial charge in [0, 0.05) is 12.2 Å². The van der Waals surface area contributed by atoms with Crippen molar-refractivity contribution in [2.45, 2.75) is 27.3 Å². The number of nitrogens with zero attached hydrogens (tertiary/aromatic N) is 3. The molecule has 1 fully saturated rings. The van der Waals surface area contributed by atoms with E-state index in [2.05, 4.69) is 15.3 Å². The number of thiophene rings is 1. The Balaban J connectivity index is 1.61. The van der Waals surface area contributed by atoms with Crippen molar-refractivity contribution in [1.82, 2.24) is 9.97 Å². The lowest BCUT2D eigenvalue weighted by Crippen LogP contribution is -2.23. The van der Waals surface area contributed by atoms with Gasteiger partial charge in [0.2, 0.25) is 0 Å². The van der Waals surface area contributed by atoms with E-state index >= 15 is 0 Å². The Kier molecular flexibility index (Phi) is 5.54. The zero-order valence-corrected chi connectivity index (χ0v) is 17.8. The first kappa shape index (κ1) is 20.1. The van der Waals surface area contributed by atoms with Gasteiger partial charge < -0.3 is 14.8 Å². The van der Waals surface area contributed by atoms with Crippen LogP contribution in [0.25, 0.3) is 10.2 Å². The first-order chi connectivity index (χ1) is 14.5. The van der Waals surface area contributed by atoms with E-state index in [1.807, 2.05) is 38.1 Å². The summed E-state index contributed by atoms with van der Waals surface area (Å²) in [7, 11) is 0. The lowest BCUT2D eigenvalue weighted by atomic mass is 10.1. The van der Waals surface area contributed by atoms with Gasteiger partial charge in [-0.1, -0.05) is 12.1 Å². The van der Waals surface area contributed by atoms with Gasteiger partial charge in [0.05, 0.1) is 18.5 Å². The van der Waals surface area contributed by atoms with Gasteiger partial charge in [0.25, 0.3) is 0 Å². The maximum atomic E-state index is 12.3. The molecule has 0 radical (unpaired) electrons. The molecule has 1 aliphatic heterocycles. The fourth-order valence-electron chi connectivity index (χ4n) is 3.41. The third kappa shape index (κ3) is 3.80. The van der Waals surface area contributed by atoms with Crippen LogP contribution in [0.5, 0.6) is 0 Å². The van der Waals surface area contributed by atoms with Gasteiger partial charge in [-0.2, -0.15) is 0 Å². The van der Waals surface area contributed by atoms with E-state index in [0.717, 1.165) is 27.0 Å². The third-order valence-electron chi connectivity index (χ3n) is 4.81. The zero-order chi connectivity index (χ0) is 21.3. The second kappa shape index (κ2) is 8.27. The topological polar surface area (TPSA) is 93.7 Å². The van der Waals surface area contributed by atoms with Gasteiger partial charge >= 0.3 is 12.1 Å². The predicted molar refractivity (Wildman–Crippen MR) is 115 cm³/mol. The van der Waals surface area contributed by atoms with Crippen molar-refractivity contribution in [1.29, 1.82) is 0 Å². The molecule has 9 heteroatoms. The minimum absolute atomic E-state index is 0.323. The average Bonchev–Trinajstić information content (AvgIpc) is 3.29. The van der Waals surface area contributed by atoms with Crippen LogP contribution >= 0.6 is 11.3 Å². The number of hydrogen-bond acceptors (Lipinski definition) is 8. The van der Waals surface area contributed by atoms with Crippen LogP contribution in [0.4, 0.5) is 16.3 Å². The Labute approximate surface area is 177 Å². The van der Waals surface area contributed by atoms with Crippen molar-refractivity contribution in [3.63, 3.8) is 0 Å². The molecule has 1 N–H and O–H groups in total. The van der Waals surface area contributed by atoms with Gasteiger partial charge in [-0.25, -0.2) is 19.6 Å². The summed E-state index contributed by atoms with van der Waals surface area (Å²) in [4.78, 5) is 36.1. The first-order valence-electron chi connectivity index (χ1n) is 9.70. The molecule has 3 heterocycles. The number of carbonyl (C=O) groups is 2. The predicted octanol–water partition coefficient (Wildman–Crippen LogP) is 4.05. The SMILES string of the molecule is CCOC(=O)c1sc2nc(C)nc(NCc3cccc(N4CCOC4=O)c3)c2c1C. The molecule has 0 bridgehead atoms. The van der Waals surface area contributed by atoms with Crippen LogP contribution < -0.4 is 10.2 Å². The molecule has 4 rings (SSSR count). The van der Waals surface area contributed by atoms with Crippen molar-refractivity contribution >= 4 is 45.1 Å². The number of esters is 1. The maximum absolute atomic E-state index is 12.3. The highest BCUT2D eigenvalue weighted by Gasteiger charge is 2.24. The summed E-state index contributed by atoms with van der Waals surface area (Å²) < 4.78 is 10.2. The summed E-state index contributed by atoms with van der Waals surface area (Å²) in [5, 5.41) is 4.19. The highest BCUT2D eigenvalue weighted by Crippen LogP contribution is 2.34. The van der Waals surface area contributed by atoms with Gasteiger partial charge in [0.1, 0.15) is 28.0 Å². The third-order valence-corrected chi connectivity index (χ3v) is 5.97. The molecule has 0 saturated carbocycles. The molecule has 0 aliphatic carbocycles. The molecule has 1 aliphatic rings. The van der Waals surface area contributed by atoms with Gasteiger partial charge in [-0.15, -0.1) is 11.3 Å². The molecule has 156 valence electrons. The van der Waals surface area contributed by atoms with Crippen molar-refractivity contribution < 1.29 is 19.1 Å². The number of aromatic nitrogens is 2. The number of nitrogens with one attached hydrogen (secondary N) is 1. The normalized spacial score (nSPS) is 13.6. The second-order valence-electron chi connectivity index (χ2n) is 6.87. The van der Waals surface area contributed by atoms with E-state index in [9.17, 15) is 9.59 Å². The molecule has 3 aromatic rings. The summed E-state index contributed by atoms with van der Waals surface area (Å²) in [6, 6.07) is 7.73. The minimum atomic E-state index is -0.341. The Morgan fingerprint density at radius 2 is 2.17 bits per heavy atom. The van der Waals surface area contributed by atoms with Crippen LogP contribution in [0.15, 0.2) is 24.3 Å². The van der Waals surface area contributed by atoms with Crippen molar-refractivity contribution in [2.75, 3.05) is 30.0 Å². The maximum Gasteiger partial charge on any atom is 0.414 e. The fraction of sp³-hybridized carbons (Fsp3) is 0.333.